The monoisotopic (exact) mass is 306 g/mol. The van der Waals surface area contributed by atoms with E-state index in [1.807, 2.05) is 0 Å². The van der Waals surface area contributed by atoms with Crippen LogP contribution in [0.5, 0.6) is 0 Å². The van der Waals surface area contributed by atoms with Crippen molar-refractivity contribution >= 4 is 22.8 Å². The lowest BCUT2D eigenvalue weighted by Crippen LogP contribution is -2.26. The number of pyridine rings is 1. The number of ether oxygens (including phenoxy) is 1. The minimum Gasteiger partial charge on any atom is -0.444 e. The summed E-state index contributed by atoms with van der Waals surface area (Å²) in [7, 11) is 0. The summed E-state index contributed by atoms with van der Waals surface area (Å²) >= 11 is 0. The van der Waals surface area contributed by atoms with Gasteiger partial charge in [-0.25, -0.2) is 4.79 Å². The van der Waals surface area contributed by atoms with Crippen molar-refractivity contribution in [3.8, 4) is 0 Å². The molecule has 0 unspecified atom stereocenters. The molecule has 5 nitrogen and oxygen atoms in total. The molecule has 1 heterocycles. The number of fused-ring (bicyclic) bond motifs is 1. The van der Waals surface area contributed by atoms with E-state index in [1.54, 1.807) is 66.9 Å². The number of amides is 1. The molecular formula is C18H14N2O3. The SMILES string of the molecule is NC(=O)[C@H](OC(=O)c1cccc2ncccc12)c1ccccc1. The van der Waals surface area contributed by atoms with Gasteiger partial charge < -0.3 is 10.5 Å². The van der Waals surface area contributed by atoms with Crippen molar-refractivity contribution in [2.24, 2.45) is 5.73 Å². The largest absolute Gasteiger partial charge is 0.444 e. The molecule has 3 rings (SSSR count). The molecule has 0 aliphatic heterocycles. The van der Waals surface area contributed by atoms with Crippen molar-refractivity contribution in [3.05, 3.63) is 78.0 Å². The molecule has 0 aliphatic carbocycles. The van der Waals surface area contributed by atoms with Crippen LogP contribution in [0.25, 0.3) is 10.9 Å². The quantitative estimate of drug-likeness (QED) is 0.751. The molecule has 5 heteroatoms. The topological polar surface area (TPSA) is 82.3 Å². The number of hydrogen-bond donors (Lipinski definition) is 1. The first kappa shape index (κ1) is 14.7. The van der Waals surface area contributed by atoms with Gasteiger partial charge in [0.15, 0.2) is 0 Å². The lowest BCUT2D eigenvalue weighted by atomic mass is 10.1. The Bertz CT molecular complexity index is 857. The van der Waals surface area contributed by atoms with Crippen LogP contribution in [-0.4, -0.2) is 16.9 Å². The molecule has 114 valence electrons. The van der Waals surface area contributed by atoms with E-state index < -0.39 is 18.0 Å². The first-order valence-electron chi connectivity index (χ1n) is 7.06. The number of nitrogens with two attached hydrogens (primary N) is 1. The molecule has 0 saturated carbocycles. The number of rotatable bonds is 4. The number of aromatic nitrogens is 1. The standard InChI is InChI=1S/C18H14N2O3/c19-17(21)16(12-6-2-1-3-7-12)23-18(22)14-8-4-10-15-13(14)9-5-11-20-15/h1-11,16H,(H2,19,21)/t16-/m1/s1. The summed E-state index contributed by atoms with van der Waals surface area (Å²) in [5.74, 6) is -1.33. The van der Waals surface area contributed by atoms with Gasteiger partial charge in [0.25, 0.3) is 5.91 Å². The fourth-order valence-corrected chi connectivity index (χ4v) is 2.37. The molecule has 0 fully saturated rings. The minimum atomic E-state index is -1.13. The molecule has 0 saturated heterocycles. The van der Waals surface area contributed by atoms with Gasteiger partial charge in [0.1, 0.15) is 0 Å². The maximum Gasteiger partial charge on any atom is 0.339 e. The van der Waals surface area contributed by atoms with Gasteiger partial charge in [0.05, 0.1) is 11.1 Å². The highest BCUT2D eigenvalue weighted by atomic mass is 16.5. The van der Waals surface area contributed by atoms with Crippen molar-refractivity contribution in [1.82, 2.24) is 4.98 Å². The molecule has 2 N–H and O–H groups in total. The fourth-order valence-electron chi connectivity index (χ4n) is 2.37. The molecule has 23 heavy (non-hydrogen) atoms. The van der Waals surface area contributed by atoms with Crippen LogP contribution in [0.3, 0.4) is 0 Å². The van der Waals surface area contributed by atoms with E-state index in [9.17, 15) is 9.59 Å². The number of carbonyl (C=O) groups excluding carboxylic acids is 2. The van der Waals surface area contributed by atoms with Crippen LogP contribution in [0.4, 0.5) is 0 Å². The number of nitrogens with zero attached hydrogens (tertiary/aromatic N) is 1. The highest BCUT2D eigenvalue weighted by molar-refractivity contribution is 6.04. The first-order valence-corrected chi connectivity index (χ1v) is 7.06. The number of esters is 1. The van der Waals surface area contributed by atoms with E-state index in [4.69, 9.17) is 10.5 Å². The van der Waals surface area contributed by atoms with Crippen LogP contribution < -0.4 is 5.73 Å². The predicted molar refractivity (Wildman–Crippen MR) is 85.5 cm³/mol. The van der Waals surface area contributed by atoms with Crippen LogP contribution in [0.15, 0.2) is 66.9 Å². The molecule has 0 radical (unpaired) electrons. The minimum absolute atomic E-state index is 0.345. The van der Waals surface area contributed by atoms with Crippen LogP contribution in [0.2, 0.25) is 0 Å². The second kappa shape index (κ2) is 6.27. The summed E-state index contributed by atoms with van der Waals surface area (Å²) in [4.78, 5) is 28.3. The third-order valence-corrected chi connectivity index (χ3v) is 3.45. The Labute approximate surface area is 132 Å². The second-order valence-electron chi connectivity index (χ2n) is 4.97. The number of carbonyl (C=O) groups is 2. The second-order valence-corrected chi connectivity index (χ2v) is 4.97. The maximum absolute atomic E-state index is 12.5. The van der Waals surface area contributed by atoms with Crippen molar-refractivity contribution in [2.45, 2.75) is 6.10 Å². The van der Waals surface area contributed by atoms with Crippen LogP contribution >= 0.6 is 0 Å². The third-order valence-electron chi connectivity index (χ3n) is 3.45. The molecule has 1 aromatic heterocycles. The Kier molecular flexibility index (Phi) is 4.01. The first-order chi connectivity index (χ1) is 11.2. The van der Waals surface area contributed by atoms with Gasteiger partial charge in [-0.3, -0.25) is 9.78 Å². The van der Waals surface area contributed by atoms with E-state index in [1.165, 1.54) is 0 Å². The van der Waals surface area contributed by atoms with E-state index in [0.29, 0.717) is 22.0 Å². The number of primary amides is 1. The molecule has 1 atom stereocenters. The normalized spacial score (nSPS) is 11.8. The van der Waals surface area contributed by atoms with Gasteiger partial charge in [0.2, 0.25) is 6.10 Å². The van der Waals surface area contributed by atoms with Crippen molar-refractivity contribution in [3.63, 3.8) is 0 Å². The van der Waals surface area contributed by atoms with E-state index in [0.717, 1.165) is 0 Å². The Morgan fingerprint density at radius 1 is 0.957 bits per heavy atom. The summed E-state index contributed by atoms with van der Waals surface area (Å²) in [5.41, 5.74) is 6.94. The summed E-state index contributed by atoms with van der Waals surface area (Å²) in [6, 6.07) is 17.4. The van der Waals surface area contributed by atoms with Crippen molar-refractivity contribution < 1.29 is 14.3 Å². The number of hydrogen-bond acceptors (Lipinski definition) is 4. The van der Waals surface area contributed by atoms with Gasteiger partial charge in [-0.1, -0.05) is 42.5 Å². The Balaban J connectivity index is 1.94. The highest BCUT2D eigenvalue weighted by Crippen LogP contribution is 2.22. The van der Waals surface area contributed by atoms with Gasteiger partial charge >= 0.3 is 5.97 Å². The van der Waals surface area contributed by atoms with Crippen molar-refractivity contribution in [1.29, 1.82) is 0 Å². The van der Waals surface area contributed by atoms with Gasteiger partial charge in [0, 0.05) is 17.1 Å². The van der Waals surface area contributed by atoms with Crippen molar-refractivity contribution in [2.75, 3.05) is 0 Å². The van der Waals surface area contributed by atoms with E-state index >= 15 is 0 Å². The molecular weight excluding hydrogens is 292 g/mol. The molecule has 2 aromatic carbocycles. The van der Waals surface area contributed by atoms with Gasteiger partial charge in [-0.2, -0.15) is 0 Å². The fraction of sp³-hybridized carbons (Fsp3) is 0.0556. The summed E-state index contributed by atoms with van der Waals surface area (Å²) in [6.45, 7) is 0. The molecule has 0 spiro atoms. The summed E-state index contributed by atoms with van der Waals surface area (Å²) in [6.07, 6.45) is 0.517. The van der Waals surface area contributed by atoms with E-state index in [2.05, 4.69) is 4.98 Å². The highest BCUT2D eigenvalue weighted by Gasteiger charge is 2.24. The Morgan fingerprint density at radius 2 is 1.74 bits per heavy atom. The average molecular weight is 306 g/mol. The zero-order valence-corrected chi connectivity index (χ0v) is 12.2. The third kappa shape index (κ3) is 3.03. The summed E-state index contributed by atoms with van der Waals surface area (Å²) in [5, 5.41) is 0.663. The Morgan fingerprint density at radius 3 is 2.48 bits per heavy atom. The zero-order chi connectivity index (χ0) is 16.2. The number of benzene rings is 2. The van der Waals surface area contributed by atoms with Gasteiger partial charge in [-0.15, -0.1) is 0 Å². The molecule has 0 bridgehead atoms. The molecule has 3 aromatic rings. The zero-order valence-electron chi connectivity index (χ0n) is 12.2. The maximum atomic E-state index is 12.5. The predicted octanol–water partition coefficient (Wildman–Crippen LogP) is 2.62. The summed E-state index contributed by atoms with van der Waals surface area (Å²) < 4.78 is 5.35. The van der Waals surface area contributed by atoms with Crippen LogP contribution in [0, 0.1) is 0 Å². The lowest BCUT2D eigenvalue weighted by Gasteiger charge is -2.15. The molecule has 1 amide bonds. The Hall–Kier alpha value is -3.21. The van der Waals surface area contributed by atoms with Gasteiger partial charge in [-0.05, 0) is 18.2 Å². The molecule has 0 aliphatic rings. The smallest absolute Gasteiger partial charge is 0.339 e. The van der Waals surface area contributed by atoms with E-state index in [-0.39, 0.29) is 0 Å². The average Bonchev–Trinajstić information content (AvgIpc) is 2.59. The van der Waals surface area contributed by atoms with Crippen LogP contribution in [0.1, 0.15) is 22.0 Å². The van der Waals surface area contributed by atoms with Crippen LogP contribution in [-0.2, 0) is 9.53 Å². The lowest BCUT2D eigenvalue weighted by molar-refractivity contribution is -0.127.